The van der Waals surface area contributed by atoms with Gasteiger partial charge >= 0.3 is 0 Å². The molecule has 2 radical (unpaired) electrons. The van der Waals surface area contributed by atoms with Crippen molar-refractivity contribution < 1.29 is 0 Å². The van der Waals surface area contributed by atoms with Gasteiger partial charge in [0.05, 0.1) is 6.54 Å². The molecule has 1 aromatic rings. The molecule has 1 heterocycles. The minimum absolute atomic E-state index is 0.196. The van der Waals surface area contributed by atoms with Gasteiger partial charge in [-0.1, -0.05) is 18.2 Å². The van der Waals surface area contributed by atoms with Crippen LogP contribution in [0.5, 0.6) is 0 Å². The van der Waals surface area contributed by atoms with Crippen molar-refractivity contribution in [2.45, 2.75) is 64.8 Å². The van der Waals surface area contributed by atoms with Crippen LogP contribution in [-0.4, -0.2) is 5.54 Å². The molecule has 122 valence electrons. The van der Waals surface area contributed by atoms with E-state index < -0.39 is 0 Å². The molecule has 1 nitrogen and oxygen atoms in total. The average molecular weight is 307 g/mol. The topological polar surface area (TPSA) is 3.24 Å². The Morgan fingerprint density at radius 2 is 1.57 bits per heavy atom. The highest BCUT2D eigenvalue weighted by molar-refractivity contribution is 5.59. The SMILES string of the molecule is Cc1ccccc1N1[C]C2(CC1(C)C)C1CC3CC(C1)CC2C3. The van der Waals surface area contributed by atoms with Gasteiger partial charge in [0.2, 0.25) is 0 Å². The summed E-state index contributed by atoms with van der Waals surface area (Å²) in [6.07, 6.45) is 8.78. The first kappa shape index (κ1) is 14.4. The molecule has 1 spiro atoms. The summed E-state index contributed by atoms with van der Waals surface area (Å²) in [5, 5.41) is 0. The maximum Gasteiger partial charge on any atom is 0.0991 e. The van der Waals surface area contributed by atoms with E-state index in [1.807, 2.05) is 0 Å². The third kappa shape index (κ3) is 1.91. The molecule has 23 heavy (non-hydrogen) atoms. The summed E-state index contributed by atoms with van der Waals surface area (Å²) >= 11 is 0. The van der Waals surface area contributed by atoms with Crippen LogP contribution in [0.2, 0.25) is 0 Å². The van der Waals surface area contributed by atoms with Crippen LogP contribution < -0.4 is 4.90 Å². The molecular weight excluding hydrogens is 278 g/mol. The number of benzene rings is 1. The molecule has 1 heteroatoms. The van der Waals surface area contributed by atoms with Crippen molar-refractivity contribution in [2.24, 2.45) is 29.1 Å². The Kier molecular flexibility index (Phi) is 2.84. The summed E-state index contributed by atoms with van der Waals surface area (Å²) in [4.78, 5) is 2.53. The van der Waals surface area contributed by atoms with Crippen LogP contribution in [0.3, 0.4) is 0 Å². The van der Waals surface area contributed by atoms with Gasteiger partial charge in [-0.15, -0.1) is 0 Å². The van der Waals surface area contributed by atoms with Crippen molar-refractivity contribution in [1.29, 1.82) is 0 Å². The van der Waals surface area contributed by atoms with E-state index in [4.69, 9.17) is 0 Å². The van der Waals surface area contributed by atoms with Gasteiger partial charge in [-0.05, 0) is 94.6 Å². The fourth-order valence-corrected chi connectivity index (χ4v) is 6.89. The minimum Gasteiger partial charge on any atom is -0.355 e. The molecule has 4 saturated carbocycles. The number of hydrogen-bond acceptors (Lipinski definition) is 1. The maximum absolute atomic E-state index is 4.13. The second-order valence-electron chi connectivity index (χ2n) is 9.57. The van der Waals surface area contributed by atoms with E-state index in [2.05, 4.69) is 56.5 Å². The second kappa shape index (κ2) is 4.55. The van der Waals surface area contributed by atoms with Crippen molar-refractivity contribution in [1.82, 2.24) is 0 Å². The van der Waals surface area contributed by atoms with Crippen molar-refractivity contribution in [3.05, 3.63) is 36.4 Å². The van der Waals surface area contributed by atoms with E-state index >= 15 is 0 Å². The standard InChI is InChI=1S/C22H29N/c1-15-6-4-5-7-20(15)23-14-22(13-21(23,2)3)18-9-16-8-17(11-18)12-19(22)10-16/h4-7,16-19H,8-13H2,1-3H3. The number of aryl methyl sites for hydroxylation is 1. The van der Waals surface area contributed by atoms with E-state index in [1.165, 1.54) is 49.8 Å². The molecule has 0 amide bonds. The predicted molar refractivity (Wildman–Crippen MR) is 95.1 cm³/mol. The summed E-state index contributed by atoms with van der Waals surface area (Å²) < 4.78 is 0. The van der Waals surface area contributed by atoms with E-state index in [9.17, 15) is 0 Å². The molecule has 5 fully saturated rings. The van der Waals surface area contributed by atoms with Crippen LogP contribution in [0.4, 0.5) is 5.69 Å². The largest absolute Gasteiger partial charge is 0.355 e. The summed E-state index contributed by atoms with van der Waals surface area (Å²) in [6.45, 7) is 11.2. The molecule has 0 atom stereocenters. The summed E-state index contributed by atoms with van der Waals surface area (Å²) in [7, 11) is 0. The number of hydrogen-bond donors (Lipinski definition) is 0. The van der Waals surface area contributed by atoms with Crippen LogP contribution in [0.1, 0.15) is 57.9 Å². The van der Waals surface area contributed by atoms with E-state index in [1.54, 1.807) is 0 Å². The molecular formula is C22H29N. The van der Waals surface area contributed by atoms with Crippen molar-refractivity contribution in [3.63, 3.8) is 0 Å². The van der Waals surface area contributed by atoms with Gasteiger partial charge < -0.3 is 4.90 Å². The molecule has 1 aliphatic heterocycles. The summed E-state index contributed by atoms with van der Waals surface area (Å²) in [5.41, 5.74) is 3.33. The molecule has 6 rings (SSSR count). The first-order valence-corrected chi connectivity index (χ1v) is 9.62. The number of nitrogens with zero attached hydrogens (tertiary/aromatic N) is 1. The lowest BCUT2D eigenvalue weighted by Gasteiger charge is -2.60. The molecule has 1 saturated heterocycles. The quantitative estimate of drug-likeness (QED) is 0.665. The molecule has 0 aromatic heterocycles. The van der Waals surface area contributed by atoms with Crippen molar-refractivity contribution in [2.75, 3.05) is 4.90 Å². The number of anilines is 1. The highest BCUT2D eigenvalue weighted by Crippen LogP contribution is 2.68. The maximum atomic E-state index is 4.13. The first-order valence-electron chi connectivity index (χ1n) is 9.62. The van der Waals surface area contributed by atoms with Crippen molar-refractivity contribution >= 4 is 5.69 Å². The van der Waals surface area contributed by atoms with Crippen molar-refractivity contribution in [3.8, 4) is 0 Å². The van der Waals surface area contributed by atoms with Crippen LogP contribution in [-0.2, 0) is 0 Å². The number of para-hydroxylation sites is 1. The molecule has 4 bridgehead atoms. The highest BCUT2D eigenvalue weighted by atomic mass is 15.2. The van der Waals surface area contributed by atoms with Gasteiger partial charge in [-0.25, -0.2) is 0 Å². The lowest BCUT2D eigenvalue weighted by atomic mass is 9.44. The van der Waals surface area contributed by atoms with Crippen LogP contribution in [0.15, 0.2) is 24.3 Å². The Hall–Kier alpha value is -0.980. The first-order chi connectivity index (χ1) is 11.0. The molecule has 1 aromatic carbocycles. The van der Waals surface area contributed by atoms with Gasteiger partial charge in [0, 0.05) is 16.6 Å². The third-order valence-corrected chi connectivity index (χ3v) is 7.60. The van der Waals surface area contributed by atoms with E-state index in [0.29, 0.717) is 5.41 Å². The van der Waals surface area contributed by atoms with Gasteiger partial charge in [-0.3, -0.25) is 0 Å². The Labute approximate surface area is 141 Å². The van der Waals surface area contributed by atoms with Crippen LogP contribution >= 0.6 is 0 Å². The molecule has 0 N–H and O–H groups in total. The monoisotopic (exact) mass is 307 g/mol. The Bertz CT molecular complexity index is 601. The molecule has 4 aliphatic carbocycles. The second-order valence-corrected chi connectivity index (χ2v) is 9.57. The predicted octanol–water partition coefficient (Wildman–Crippen LogP) is 5.47. The number of rotatable bonds is 1. The van der Waals surface area contributed by atoms with Crippen LogP contribution in [0, 0.1) is 42.6 Å². The van der Waals surface area contributed by atoms with E-state index in [0.717, 1.165) is 23.7 Å². The zero-order chi connectivity index (χ0) is 15.8. The fraction of sp³-hybridized carbons (Fsp3) is 0.682. The fourth-order valence-electron chi connectivity index (χ4n) is 6.89. The summed E-state index contributed by atoms with van der Waals surface area (Å²) in [6, 6.07) is 8.87. The smallest absolute Gasteiger partial charge is 0.0991 e. The van der Waals surface area contributed by atoms with Crippen LogP contribution in [0.25, 0.3) is 0 Å². The normalized spacial score (nSPS) is 43.5. The third-order valence-electron chi connectivity index (χ3n) is 7.60. The molecule has 5 aliphatic rings. The Morgan fingerprint density at radius 3 is 2.17 bits per heavy atom. The molecule has 0 unspecified atom stereocenters. The zero-order valence-electron chi connectivity index (χ0n) is 14.8. The average Bonchev–Trinajstić information content (AvgIpc) is 2.77. The van der Waals surface area contributed by atoms with Gasteiger partial charge in [0.15, 0.2) is 0 Å². The lowest BCUT2D eigenvalue weighted by molar-refractivity contribution is -0.0887. The van der Waals surface area contributed by atoms with E-state index in [-0.39, 0.29) is 5.54 Å². The Morgan fingerprint density at radius 1 is 0.957 bits per heavy atom. The zero-order valence-corrected chi connectivity index (χ0v) is 14.8. The Balaban J connectivity index is 1.54. The van der Waals surface area contributed by atoms with Gasteiger partial charge in [-0.2, -0.15) is 0 Å². The van der Waals surface area contributed by atoms with Gasteiger partial charge in [0.25, 0.3) is 0 Å². The summed E-state index contributed by atoms with van der Waals surface area (Å²) in [5.74, 6) is 3.90. The van der Waals surface area contributed by atoms with Gasteiger partial charge in [0.1, 0.15) is 0 Å². The minimum atomic E-state index is 0.196. The lowest BCUT2D eigenvalue weighted by Crippen LogP contribution is -2.52. The highest BCUT2D eigenvalue weighted by Gasteiger charge is 2.63.